The largest absolute Gasteiger partial charge is 0.486 e. The Bertz CT molecular complexity index is 1310. The van der Waals surface area contributed by atoms with Gasteiger partial charge in [0.1, 0.15) is 13.2 Å². The maximum atomic E-state index is 13.1. The van der Waals surface area contributed by atoms with Gasteiger partial charge in [0.25, 0.3) is 5.89 Å². The van der Waals surface area contributed by atoms with E-state index >= 15 is 0 Å². The molecular formula is C24H25N3O7S. The van der Waals surface area contributed by atoms with Crippen molar-refractivity contribution in [2.75, 3.05) is 26.3 Å². The Hall–Kier alpha value is -3.44. The number of piperidine rings is 1. The molecule has 1 fully saturated rings. The smallest absolute Gasteiger partial charge is 0.309 e. The van der Waals surface area contributed by atoms with Gasteiger partial charge in [-0.15, -0.1) is 0 Å². The van der Waals surface area contributed by atoms with Gasteiger partial charge in [-0.05, 0) is 31.9 Å². The van der Waals surface area contributed by atoms with Crippen molar-refractivity contribution in [3.63, 3.8) is 0 Å². The molecule has 10 nitrogen and oxygen atoms in total. The van der Waals surface area contributed by atoms with Gasteiger partial charge in [-0.2, -0.15) is 9.29 Å². The van der Waals surface area contributed by atoms with E-state index in [9.17, 15) is 13.2 Å². The summed E-state index contributed by atoms with van der Waals surface area (Å²) >= 11 is 0. The summed E-state index contributed by atoms with van der Waals surface area (Å²) in [5.41, 5.74) is 1.93. The first-order chi connectivity index (χ1) is 16.9. The summed E-state index contributed by atoms with van der Waals surface area (Å²) in [7, 11) is -3.71. The zero-order valence-corrected chi connectivity index (χ0v) is 20.0. The molecule has 5 rings (SSSR count). The molecule has 3 heterocycles. The summed E-state index contributed by atoms with van der Waals surface area (Å²) in [6, 6.07) is 12.3. The molecule has 0 radical (unpaired) electrons. The summed E-state index contributed by atoms with van der Waals surface area (Å²) in [6.45, 7) is 3.10. The minimum Gasteiger partial charge on any atom is -0.486 e. The zero-order chi connectivity index (χ0) is 24.4. The number of carbonyl (C=O) groups excluding carboxylic acids is 1. The zero-order valence-electron chi connectivity index (χ0n) is 19.2. The first-order valence-corrected chi connectivity index (χ1v) is 12.8. The Labute approximate surface area is 202 Å². The molecule has 2 aliphatic heterocycles. The highest BCUT2D eigenvalue weighted by molar-refractivity contribution is 7.89. The maximum absolute atomic E-state index is 13.1. The van der Waals surface area contributed by atoms with Crippen molar-refractivity contribution in [2.24, 2.45) is 5.92 Å². The molecule has 2 aliphatic rings. The van der Waals surface area contributed by atoms with Gasteiger partial charge < -0.3 is 18.7 Å². The Balaban J connectivity index is 1.15. The summed E-state index contributed by atoms with van der Waals surface area (Å²) < 4.78 is 49.1. The molecule has 0 saturated carbocycles. The third-order valence-electron chi connectivity index (χ3n) is 6.05. The van der Waals surface area contributed by atoms with Crippen molar-refractivity contribution in [1.29, 1.82) is 0 Å². The van der Waals surface area contributed by atoms with E-state index < -0.39 is 21.9 Å². The maximum Gasteiger partial charge on any atom is 0.309 e. The van der Waals surface area contributed by atoms with E-state index in [4.69, 9.17) is 18.7 Å². The third kappa shape index (κ3) is 5.01. The minimum absolute atomic E-state index is 0.132. The van der Waals surface area contributed by atoms with Crippen molar-refractivity contribution in [3.05, 3.63) is 53.9 Å². The standard InChI is InChI=1S/C24H25N3O7S/c1-16-2-4-17(5-3-16)23-25-22(34-26-23)15-33-24(28)18-8-10-27(11-9-18)35(29,30)19-6-7-20-21(14-19)32-13-12-31-20/h2-7,14,18H,8-13,15H2,1H3. The second kappa shape index (κ2) is 9.67. The highest BCUT2D eigenvalue weighted by Gasteiger charge is 2.33. The van der Waals surface area contributed by atoms with E-state index in [-0.39, 0.29) is 30.5 Å². The molecule has 0 unspecified atom stereocenters. The van der Waals surface area contributed by atoms with Crippen LogP contribution in [0.5, 0.6) is 11.5 Å². The van der Waals surface area contributed by atoms with E-state index in [1.807, 2.05) is 31.2 Å². The quantitative estimate of drug-likeness (QED) is 0.471. The molecule has 1 aromatic heterocycles. The van der Waals surface area contributed by atoms with Crippen LogP contribution >= 0.6 is 0 Å². The number of rotatable bonds is 6. The fourth-order valence-electron chi connectivity index (χ4n) is 4.05. The number of ether oxygens (including phenoxy) is 3. The lowest BCUT2D eigenvalue weighted by Gasteiger charge is -2.30. The molecule has 0 aliphatic carbocycles. The minimum atomic E-state index is -3.71. The van der Waals surface area contributed by atoms with E-state index in [1.54, 1.807) is 6.07 Å². The Morgan fingerprint density at radius 3 is 2.51 bits per heavy atom. The second-order valence-electron chi connectivity index (χ2n) is 8.47. The first-order valence-electron chi connectivity index (χ1n) is 11.4. The number of hydrogen-bond acceptors (Lipinski definition) is 9. The van der Waals surface area contributed by atoms with Crippen LogP contribution in [-0.4, -0.2) is 55.1 Å². The topological polar surface area (TPSA) is 121 Å². The SMILES string of the molecule is Cc1ccc(-c2noc(COC(=O)C3CCN(S(=O)(=O)c4ccc5c(c4)OCCO5)CC3)n2)cc1. The van der Waals surface area contributed by atoms with Gasteiger partial charge >= 0.3 is 5.97 Å². The molecule has 3 aromatic rings. The number of sulfonamides is 1. The molecule has 1 saturated heterocycles. The lowest BCUT2D eigenvalue weighted by atomic mass is 9.98. The number of carbonyl (C=O) groups is 1. The van der Waals surface area contributed by atoms with Crippen LogP contribution in [-0.2, 0) is 26.2 Å². The fourth-order valence-corrected chi connectivity index (χ4v) is 5.53. The molecule has 0 spiro atoms. The van der Waals surface area contributed by atoms with Crippen LogP contribution < -0.4 is 9.47 Å². The number of benzene rings is 2. The van der Waals surface area contributed by atoms with Gasteiger partial charge in [-0.25, -0.2) is 8.42 Å². The lowest BCUT2D eigenvalue weighted by molar-refractivity contribution is -0.152. The third-order valence-corrected chi connectivity index (χ3v) is 7.95. The van der Waals surface area contributed by atoms with E-state index in [2.05, 4.69) is 10.1 Å². The summed E-state index contributed by atoms with van der Waals surface area (Å²) in [6.07, 6.45) is 0.724. The summed E-state index contributed by atoms with van der Waals surface area (Å²) in [5.74, 6) is 0.769. The van der Waals surface area contributed by atoms with Crippen molar-refractivity contribution in [3.8, 4) is 22.9 Å². The predicted octanol–water partition coefficient (Wildman–Crippen LogP) is 2.96. The first kappa shape index (κ1) is 23.3. The molecule has 2 aromatic carbocycles. The Morgan fingerprint density at radius 1 is 1.06 bits per heavy atom. The highest BCUT2D eigenvalue weighted by atomic mass is 32.2. The van der Waals surface area contributed by atoms with Crippen molar-refractivity contribution >= 4 is 16.0 Å². The van der Waals surface area contributed by atoms with E-state index in [0.29, 0.717) is 43.4 Å². The van der Waals surface area contributed by atoms with Gasteiger partial charge in [0.05, 0.1) is 10.8 Å². The van der Waals surface area contributed by atoms with Crippen LogP contribution in [0.3, 0.4) is 0 Å². The van der Waals surface area contributed by atoms with Crippen LogP contribution in [0.4, 0.5) is 0 Å². The van der Waals surface area contributed by atoms with Gasteiger partial charge in [0.15, 0.2) is 18.1 Å². The van der Waals surface area contributed by atoms with Crippen molar-refractivity contribution in [1.82, 2.24) is 14.4 Å². The summed E-state index contributed by atoms with van der Waals surface area (Å²) in [5, 5.41) is 3.93. The van der Waals surface area contributed by atoms with Crippen LogP contribution in [0.1, 0.15) is 24.3 Å². The molecule has 0 atom stereocenters. The van der Waals surface area contributed by atoms with Crippen LogP contribution in [0.2, 0.25) is 0 Å². The number of nitrogens with zero attached hydrogens (tertiary/aromatic N) is 3. The molecule has 0 N–H and O–H groups in total. The lowest BCUT2D eigenvalue weighted by Crippen LogP contribution is -2.40. The van der Waals surface area contributed by atoms with E-state index in [1.165, 1.54) is 16.4 Å². The molecule has 35 heavy (non-hydrogen) atoms. The average molecular weight is 500 g/mol. The van der Waals surface area contributed by atoms with E-state index in [0.717, 1.165) is 11.1 Å². The molecule has 0 bridgehead atoms. The monoisotopic (exact) mass is 499 g/mol. The summed E-state index contributed by atoms with van der Waals surface area (Å²) in [4.78, 5) is 17.0. The fraction of sp³-hybridized carbons (Fsp3) is 0.375. The number of aromatic nitrogens is 2. The van der Waals surface area contributed by atoms with Crippen LogP contribution in [0.15, 0.2) is 51.9 Å². The number of hydrogen-bond donors (Lipinski definition) is 0. The van der Waals surface area contributed by atoms with Gasteiger partial charge in [-0.1, -0.05) is 35.0 Å². The Morgan fingerprint density at radius 2 is 1.77 bits per heavy atom. The number of fused-ring (bicyclic) bond motifs is 1. The normalized spacial score (nSPS) is 16.7. The number of aryl methyl sites for hydroxylation is 1. The molecule has 11 heteroatoms. The van der Waals surface area contributed by atoms with Crippen molar-refractivity contribution in [2.45, 2.75) is 31.3 Å². The van der Waals surface area contributed by atoms with Gasteiger partial charge in [0.2, 0.25) is 15.8 Å². The highest BCUT2D eigenvalue weighted by Crippen LogP contribution is 2.34. The van der Waals surface area contributed by atoms with Crippen LogP contribution in [0, 0.1) is 12.8 Å². The molecule has 184 valence electrons. The van der Waals surface area contributed by atoms with Crippen molar-refractivity contribution < 1.29 is 31.9 Å². The van der Waals surface area contributed by atoms with Gasteiger partial charge in [0, 0.05) is 24.7 Å². The Kier molecular flexibility index (Phi) is 6.44. The second-order valence-corrected chi connectivity index (χ2v) is 10.4. The van der Waals surface area contributed by atoms with Crippen LogP contribution in [0.25, 0.3) is 11.4 Å². The number of esters is 1. The predicted molar refractivity (Wildman–Crippen MR) is 123 cm³/mol. The molecular weight excluding hydrogens is 474 g/mol. The average Bonchev–Trinajstić information content (AvgIpc) is 3.36. The molecule has 0 amide bonds. The van der Waals surface area contributed by atoms with Gasteiger partial charge in [-0.3, -0.25) is 4.79 Å².